The number of carboxylic acid groups (broad SMARTS) is 1. The summed E-state index contributed by atoms with van der Waals surface area (Å²) in [5.74, 6) is 0.782. The van der Waals surface area contributed by atoms with Crippen LogP contribution in [0.2, 0.25) is 0 Å². The van der Waals surface area contributed by atoms with Crippen molar-refractivity contribution in [2.75, 3.05) is 31.6 Å². The van der Waals surface area contributed by atoms with Crippen LogP contribution in [0, 0.1) is 0 Å². The van der Waals surface area contributed by atoms with E-state index in [1.54, 1.807) is 36.0 Å². The smallest absolute Gasteiger partial charge is 0.407 e. The summed E-state index contributed by atoms with van der Waals surface area (Å²) in [5.41, 5.74) is 5.20. The third kappa shape index (κ3) is 6.61. The molecule has 3 amide bonds. The summed E-state index contributed by atoms with van der Waals surface area (Å²) in [6.45, 7) is 3.88. The van der Waals surface area contributed by atoms with Crippen molar-refractivity contribution in [3.8, 4) is 0 Å². The van der Waals surface area contributed by atoms with Crippen molar-refractivity contribution < 1.29 is 19.5 Å². The van der Waals surface area contributed by atoms with Crippen molar-refractivity contribution in [1.29, 1.82) is 0 Å². The number of nitrogens with one attached hydrogen (secondary N) is 1. The zero-order chi connectivity index (χ0) is 22.9. The highest BCUT2D eigenvalue weighted by molar-refractivity contribution is 7.98. The maximum absolute atomic E-state index is 12.7. The fraction of sp³-hybridized carbons (Fsp3) is 0.591. The SMILES string of the molecule is CCCCN1C(=O)C(CCSC)NC12CCN(C(=O)O)CC2.NC(=O)c1ccccc1. The van der Waals surface area contributed by atoms with E-state index in [2.05, 4.69) is 18.5 Å². The Hall–Kier alpha value is -2.26. The van der Waals surface area contributed by atoms with E-state index in [0.29, 0.717) is 31.5 Å². The van der Waals surface area contributed by atoms with E-state index in [9.17, 15) is 14.4 Å². The molecule has 1 aromatic rings. The minimum absolute atomic E-state index is 0.110. The molecule has 1 spiro atoms. The Morgan fingerprint density at radius 1 is 1.26 bits per heavy atom. The standard InChI is InChI=1S/C15H27N3O3S.C7H7NO/c1-3-4-8-18-13(19)12(5-11-22-2)16-15(18)6-9-17(10-7-15)14(20)21;8-7(9)6-4-2-1-3-5-6/h12,16H,3-11H2,1-2H3,(H,20,21);1-5H,(H2,8,9). The second kappa shape index (κ2) is 12.0. The number of rotatable bonds is 7. The molecule has 1 unspecified atom stereocenters. The molecule has 4 N–H and O–H groups in total. The highest BCUT2D eigenvalue weighted by atomic mass is 32.2. The third-order valence-electron chi connectivity index (χ3n) is 5.79. The topological polar surface area (TPSA) is 116 Å². The Balaban J connectivity index is 0.000000316. The van der Waals surface area contributed by atoms with Crippen molar-refractivity contribution in [1.82, 2.24) is 15.1 Å². The number of carbonyl (C=O) groups excluding carboxylic acids is 2. The number of piperidine rings is 1. The van der Waals surface area contributed by atoms with Crippen LogP contribution in [0.4, 0.5) is 4.79 Å². The summed E-state index contributed by atoms with van der Waals surface area (Å²) in [6.07, 6.45) is 5.44. The molecule has 0 saturated carbocycles. The highest BCUT2D eigenvalue weighted by Gasteiger charge is 2.51. The normalized spacial score (nSPS) is 19.8. The molecule has 2 fully saturated rings. The molecule has 2 saturated heterocycles. The van der Waals surface area contributed by atoms with Gasteiger partial charge in [-0.3, -0.25) is 14.9 Å². The van der Waals surface area contributed by atoms with Crippen molar-refractivity contribution in [2.24, 2.45) is 5.73 Å². The molecule has 1 aromatic carbocycles. The van der Waals surface area contributed by atoms with Crippen molar-refractivity contribution in [3.05, 3.63) is 35.9 Å². The minimum atomic E-state index is -0.863. The molecule has 172 valence electrons. The number of nitrogens with zero attached hydrogens (tertiary/aromatic N) is 2. The molecule has 2 heterocycles. The average Bonchev–Trinajstić information content (AvgIpc) is 3.02. The zero-order valence-electron chi connectivity index (χ0n) is 18.4. The predicted molar refractivity (Wildman–Crippen MR) is 123 cm³/mol. The maximum atomic E-state index is 12.7. The van der Waals surface area contributed by atoms with Crippen molar-refractivity contribution in [2.45, 2.75) is 50.7 Å². The maximum Gasteiger partial charge on any atom is 0.407 e. The van der Waals surface area contributed by atoms with Gasteiger partial charge in [0.1, 0.15) is 0 Å². The fourth-order valence-corrected chi connectivity index (χ4v) is 4.49. The third-order valence-corrected chi connectivity index (χ3v) is 6.43. The molecule has 0 aromatic heterocycles. The minimum Gasteiger partial charge on any atom is -0.465 e. The number of amides is 3. The number of nitrogens with two attached hydrogens (primary N) is 1. The van der Waals surface area contributed by atoms with Crippen LogP contribution in [-0.4, -0.2) is 76.2 Å². The molecule has 31 heavy (non-hydrogen) atoms. The van der Waals surface area contributed by atoms with Crippen LogP contribution < -0.4 is 11.1 Å². The number of thioether (sulfide) groups is 1. The first-order chi connectivity index (χ1) is 14.8. The summed E-state index contributed by atoms with van der Waals surface area (Å²) in [7, 11) is 0. The van der Waals surface area contributed by atoms with Crippen LogP contribution in [-0.2, 0) is 4.79 Å². The van der Waals surface area contributed by atoms with E-state index in [4.69, 9.17) is 10.8 Å². The number of carbonyl (C=O) groups is 3. The van der Waals surface area contributed by atoms with Crippen molar-refractivity contribution >= 4 is 29.7 Å². The van der Waals surface area contributed by atoms with Gasteiger partial charge in [-0.15, -0.1) is 0 Å². The molecule has 2 aliphatic heterocycles. The van der Waals surface area contributed by atoms with E-state index in [-0.39, 0.29) is 23.5 Å². The van der Waals surface area contributed by atoms with Gasteiger partial charge in [-0.2, -0.15) is 11.8 Å². The Bertz CT molecular complexity index is 738. The van der Waals surface area contributed by atoms with E-state index in [0.717, 1.165) is 31.6 Å². The molecular formula is C22H34N4O4S. The van der Waals surface area contributed by atoms with Crippen LogP contribution in [0.25, 0.3) is 0 Å². The lowest BCUT2D eigenvalue weighted by Crippen LogP contribution is -2.59. The van der Waals surface area contributed by atoms with Gasteiger partial charge in [-0.1, -0.05) is 31.5 Å². The van der Waals surface area contributed by atoms with Gasteiger partial charge in [0, 0.05) is 38.0 Å². The molecular weight excluding hydrogens is 416 g/mol. The summed E-state index contributed by atoms with van der Waals surface area (Å²) in [5, 5.41) is 12.7. The molecule has 3 rings (SSSR count). The summed E-state index contributed by atoms with van der Waals surface area (Å²) >= 11 is 1.75. The Morgan fingerprint density at radius 2 is 1.90 bits per heavy atom. The summed E-state index contributed by atoms with van der Waals surface area (Å²) in [4.78, 5) is 37.7. The first kappa shape index (κ1) is 25.0. The summed E-state index contributed by atoms with van der Waals surface area (Å²) in [6, 6.07) is 8.65. The van der Waals surface area contributed by atoms with Gasteiger partial charge in [-0.05, 0) is 37.0 Å². The molecule has 1 atom stereocenters. The van der Waals surface area contributed by atoms with Gasteiger partial charge in [-0.25, -0.2) is 4.79 Å². The number of hydrogen-bond donors (Lipinski definition) is 3. The number of primary amides is 1. The lowest BCUT2D eigenvalue weighted by molar-refractivity contribution is -0.133. The predicted octanol–water partition coefficient (Wildman–Crippen LogP) is 2.60. The lowest BCUT2D eigenvalue weighted by Gasteiger charge is -2.44. The molecule has 9 heteroatoms. The quantitative estimate of drug-likeness (QED) is 0.588. The first-order valence-electron chi connectivity index (χ1n) is 10.8. The van der Waals surface area contributed by atoms with E-state index in [1.807, 2.05) is 11.0 Å². The van der Waals surface area contributed by atoms with Gasteiger partial charge in [0.15, 0.2) is 0 Å². The molecule has 0 aliphatic carbocycles. The summed E-state index contributed by atoms with van der Waals surface area (Å²) < 4.78 is 0. The molecule has 0 bridgehead atoms. The Kier molecular flexibility index (Phi) is 9.64. The first-order valence-corrected chi connectivity index (χ1v) is 12.1. The Labute approximate surface area is 188 Å². The van der Waals surface area contributed by atoms with E-state index < -0.39 is 6.09 Å². The van der Waals surface area contributed by atoms with Crippen LogP contribution in [0.1, 0.15) is 49.4 Å². The lowest BCUT2D eigenvalue weighted by atomic mass is 9.96. The fourth-order valence-electron chi connectivity index (χ4n) is 4.02. The number of unbranched alkanes of at least 4 members (excludes halogenated alkanes) is 1. The van der Waals surface area contributed by atoms with Crippen LogP contribution in [0.15, 0.2) is 30.3 Å². The van der Waals surface area contributed by atoms with E-state index in [1.165, 1.54) is 4.90 Å². The van der Waals surface area contributed by atoms with Crippen LogP contribution in [0.3, 0.4) is 0 Å². The monoisotopic (exact) mass is 450 g/mol. The van der Waals surface area contributed by atoms with Crippen LogP contribution in [0.5, 0.6) is 0 Å². The molecule has 0 radical (unpaired) electrons. The second-order valence-corrected chi connectivity index (χ2v) is 8.84. The molecule has 8 nitrogen and oxygen atoms in total. The van der Waals surface area contributed by atoms with Gasteiger partial charge < -0.3 is 20.6 Å². The zero-order valence-corrected chi connectivity index (χ0v) is 19.2. The van der Waals surface area contributed by atoms with Gasteiger partial charge in [0.2, 0.25) is 11.8 Å². The molecule has 2 aliphatic rings. The average molecular weight is 451 g/mol. The van der Waals surface area contributed by atoms with Gasteiger partial charge in [0.25, 0.3) is 0 Å². The van der Waals surface area contributed by atoms with E-state index >= 15 is 0 Å². The highest BCUT2D eigenvalue weighted by Crippen LogP contribution is 2.33. The second-order valence-electron chi connectivity index (χ2n) is 7.85. The van der Waals surface area contributed by atoms with Gasteiger partial charge >= 0.3 is 6.09 Å². The number of likely N-dealkylation sites (tertiary alicyclic amines) is 1. The largest absolute Gasteiger partial charge is 0.465 e. The Morgan fingerprint density at radius 3 is 2.39 bits per heavy atom. The number of benzene rings is 1. The number of hydrogen-bond acceptors (Lipinski definition) is 5. The van der Waals surface area contributed by atoms with Gasteiger partial charge in [0.05, 0.1) is 11.7 Å². The van der Waals surface area contributed by atoms with Crippen molar-refractivity contribution in [3.63, 3.8) is 0 Å². The van der Waals surface area contributed by atoms with Crippen LogP contribution >= 0.6 is 11.8 Å².